The van der Waals surface area contributed by atoms with Crippen LogP contribution in [-0.2, 0) is 9.59 Å². The number of carbonyl (C=O) groups is 2. The SMILES string of the molecule is O=C(O)COc1ccc2c(ccc3ccccc32)c1-c1c(OCC(=O)O)ccc2c1ccc1ccccc12. The molecule has 0 atom stereocenters. The summed E-state index contributed by atoms with van der Waals surface area (Å²) in [4.78, 5) is 22.9. The van der Waals surface area contributed by atoms with Gasteiger partial charge in [0, 0.05) is 11.1 Å². The van der Waals surface area contributed by atoms with Crippen LogP contribution in [0.2, 0.25) is 0 Å². The molecule has 0 saturated heterocycles. The molecule has 6 nitrogen and oxygen atoms in total. The molecule has 0 aliphatic carbocycles. The van der Waals surface area contributed by atoms with Crippen molar-refractivity contribution in [3.05, 3.63) is 97.1 Å². The normalized spacial score (nSPS) is 11.3. The standard InChI is InChI=1S/C32H22O6/c33-29(34)17-37-27-15-13-23-21-7-3-1-5-19(21)9-11-25(23)31(27)32-26-12-10-20-6-2-4-8-22(20)24(26)14-16-28(32)38-18-30(35)36/h1-16H,17-18H2,(H,33,34)(H,35,36). The maximum Gasteiger partial charge on any atom is 0.341 e. The van der Waals surface area contributed by atoms with Crippen LogP contribution >= 0.6 is 0 Å². The molecular formula is C32H22O6. The second-order valence-corrected chi connectivity index (χ2v) is 9.01. The molecule has 0 aromatic heterocycles. The van der Waals surface area contributed by atoms with Crippen molar-refractivity contribution in [1.29, 1.82) is 0 Å². The Hall–Kier alpha value is -5.10. The Kier molecular flexibility index (Phi) is 5.77. The van der Waals surface area contributed by atoms with Crippen LogP contribution in [0.3, 0.4) is 0 Å². The van der Waals surface area contributed by atoms with Crippen LogP contribution in [0, 0.1) is 0 Å². The van der Waals surface area contributed by atoms with Crippen LogP contribution in [0.25, 0.3) is 54.2 Å². The monoisotopic (exact) mass is 502 g/mol. The van der Waals surface area contributed by atoms with Gasteiger partial charge in [0.25, 0.3) is 0 Å². The quantitative estimate of drug-likeness (QED) is 0.231. The smallest absolute Gasteiger partial charge is 0.341 e. The molecule has 0 fully saturated rings. The number of fused-ring (bicyclic) bond motifs is 6. The van der Waals surface area contributed by atoms with E-state index >= 15 is 0 Å². The molecule has 0 amide bonds. The Morgan fingerprint density at radius 3 is 1.29 bits per heavy atom. The molecule has 0 spiro atoms. The van der Waals surface area contributed by atoms with Crippen molar-refractivity contribution >= 4 is 55.0 Å². The van der Waals surface area contributed by atoms with Crippen molar-refractivity contribution in [2.45, 2.75) is 0 Å². The van der Waals surface area contributed by atoms with E-state index < -0.39 is 25.2 Å². The summed E-state index contributed by atoms with van der Waals surface area (Å²) in [7, 11) is 0. The summed E-state index contributed by atoms with van der Waals surface area (Å²) in [6.07, 6.45) is 0. The van der Waals surface area contributed by atoms with Crippen molar-refractivity contribution in [1.82, 2.24) is 0 Å². The van der Waals surface area contributed by atoms with E-state index in [4.69, 9.17) is 9.47 Å². The molecule has 6 aromatic rings. The predicted octanol–water partition coefficient (Wildman–Crippen LogP) is 6.89. The third kappa shape index (κ3) is 4.02. The number of hydrogen-bond donors (Lipinski definition) is 2. The van der Waals surface area contributed by atoms with Crippen molar-refractivity contribution in [3.8, 4) is 22.6 Å². The Morgan fingerprint density at radius 1 is 0.474 bits per heavy atom. The van der Waals surface area contributed by atoms with Gasteiger partial charge >= 0.3 is 11.9 Å². The average molecular weight is 503 g/mol. The Bertz CT molecular complexity index is 1750. The molecule has 0 heterocycles. The minimum atomic E-state index is -1.10. The zero-order valence-electron chi connectivity index (χ0n) is 20.2. The maximum atomic E-state index is 11.4. The van der Waals surface area contributed by atoms with E-state index in [1.807, 2.05) is 84.9 Å². The van der Waals surface area contributed by atoms with Gasteiger partial charge in [-0.15, -0.1) is 0 Å². The lowest BCUT2D eigenvalue weighted by molar-refractivity contribution is -0.140. The molecule has 6 rings (SSSR count). The van der Waals surface area contributed by atoms with Crippen LogP contribution in [0.4, 0.5) is 0 Å². The lowest BCUT2D eigenvalue weighted by Gasteiger charge is -2.20. The van der Waals surface area contributed by atoms with Crippen molar-refractivity contribution in [3.63, 3.8) is 0 Å². The third-order valence-corrected chi connectivity index (χ3v) is 6.73. The van der Waals surface area contributed by atoms with Crippen LogP contribution in [0.5, 0.6) is 11.5 Å². The predicted molar refractivity (Wildman–Crippen MR) is 148 cm³/mol. The molecule has 0 unspecified atom stereocenters. The van der Waals surface area contributed by atoms with Gasteiger partial charge in [0.1, 0.15) is 11.5 Å². The molecule has 186 valence electrons. The molecular weight excluding hydrogens is 480 g/mol. The zero-order chi connectivity index (χ0) is 26.2. The summed E-state index contributed by atoms with van der Waals surface area (Å²) < 4.78 is 11.6. The molecule has 6 aromatic carbocycles. The van der Waals surface area contributed by atoms with E-state index in [-0.39, 0.29) is 0 Å². The van der Waals surface area contributed by atoms with E-state index in [1.165, 1.54) is 0 Å². The van der Waals surface area contributed by atoms with Gasteiger partial charge in [-0.05, 0) is 55.2 Å². The third-order valence-electron chi connectivity index (χ3n) is 6.73. The summed E-state index contributed by atoms with van der Waals surface area (Å²) in [6, 6.07) is 31.5. The summed E-state index contributed by atoms with van der Waals surface area (Å²) in [5.41, 5.74) is 1.30. The zero-order valence-corrected chi connectivity index (χ0v) is 20.2. The summed E-state index contributed by atoms with van der Waals surface area (Å²) in [6.45, 7) is -1.05. The number of rotatable bonds is 7. The van der Waals surface area contributed by atoms with Gasteiger partial charge in [-0.3, -0.25) is 0 Å². The highest BCUT2D eigenvalue weighted by molar-refractivity contribution is 6.19. The fourth-order valence-electron chi connectivity index (χ4n) is 5.17. The maximum absolute atomic E-state index is 11.4. The number of aliphatic carboxylic acids is 2. The van der Waals surface area contributed by atoms with Crippen LogP contribution in [0.15, 0.2) is 97.1 Å². The molecule has 0 bridgehead atoms. The minimum Gasteiger partial charge on any atom is -0.481 e. The van der Waals surface area contributed by atoms with Gasteiger partial charge in [-0.2, -0.15) is 0 Å². The van der Waals surface area contributed by atoms with Gasteiger partial charge in [0.2, 0.25) is 0 Å². The van der Waals surface area contributed by atoms with Gasteiger partial charge in [-0.1, -0.05) is 84.9 Å². The van der Waals surface area contributed by atoms with E-state index in [0.717, 1.165) is 43.1 Å². The van der Waals surface area contributed by atoms with Gasteiger partial charge < -0.3 is 19.7 Å². The summed E-state index contributed by atoms with van der Waals surface area (Å²) in [5.74, 6) is -1.45. The average Bonchev–Trinajstić information content (AvgIpc) is 2.94. The molecule has 0 radical (unpaired) electrons. The van der Waals surface area contributed by atoms with Crippen molar-refractivity contribution < 1.29 is 29.3 Å². The topological polar surface area (TPSA) is 93.1 Å². The first kappa shape index (κ1) is 23.3. The lowest BCUT2D eigenvalue weighted by atomic mass is 9.89. The van der Waals surface area contributed by atoms with Gasteiger partial charge in [0.15, 0.2) is 13.2 Å². The Morgan fingerprint density at radius 2 is 0.868 bits per heavy atom. The molecule has 0 saturated carbocycles. The van der Waals surface area contributed by atoms with E-state index in [0.29, 0.717) is 22.6 Å². The number of ether oxygens (including phenoxy) is 2. The summed E-state index contributed by atoms with van der Waals surface area (Å²) in [5, 5.41) is 26.5. The Balaban J connectivity index is 1.75. The minimum absolute atomic E-state index is 0.371. The first-order chi connectivity index (χ1) is 18.5. The number of carboxylic acid groups (broad SMARTS) is 2. The Labute approximate surface area is 217 Å². The van der Waals surface area contributed by atoms with E-state index in [2.05, 4.69) is 0 Å². The van der Waals surface area contributed by atoms with Crippen molar-refractivity contribution in [2.75, 3.05) is 13.2 Å². The molecule has 6 heteroatoms. The highest BCUT2D eigenvalue weighted by Gasteiger charge is 2.21. The number of benzene rings is 6. The molecule has 2 N–H and O–H groups in total. The largest absolute Gasteiger partial charge is 0.481 e. The second-order valence-electron chi connectivity index (χ2n) is 9.01. The highest BCUT2D eigenvalue weighted by Crippen LogP contribution is 2.47. The van der Waals surface area contributed by atoms with Crippen LogP contribution in [0.1, 0.15) is 0 Å². The van der Waals surface area contributed by atoms with Gasteiger partial charge in [-0.25, -0.2) is 9.59 Å². The second kappa shape index (κ2) is 9.41. The van der Waals surface area contributed by atoms with Crippen LogP contribution in [-0.4, -0.2) is 35.4 Å². The molecule has 38 heavy (non-hydrogen) atoms. The fraction of sp³-hybridized carbons (Fsp3) is 0.0625. The van der Waals surface area contributed by atoms with Crippen molar-refractivity contribution in [2.24, 2.45) is 0 Å². The number of hydrogen-bond acceptors (Lipinski definition) is 4. The van der Waals surface area contributed by atoms with E-state index in [1.54, 1.807) is 12.1 Å². The first-order valence-corrected chi connectivity index (χ1v) is 12.1. The van der Waals surface area contributed by atoms with Gasteiger partial charge in [0.05, 0.1) is 0 Å². The summed E-state index contributed by atoms with van der Waals surface area (Å²) >= 11 is 0. The lowest BCUT2D eigenvalue weighted by Crippen LogP contribution is -2.11. The fourth-order valence-corrected chi connectivity index (χ4v) is 5.17. The van der Waals surface area contributed by atoms with E-state index in [9.17, 15) is 19.8 Å². The molecule has 0 aliphatic rings. The van der Waals surface area contributed by atoms with Crippen LogP contribution < -0.4 is 9.47 Å². The number of carboxylic acids is 2. The molecule has 0 aliphatic heterocycles. The first-order valence-electron chi connectivity index (χ1n) is 12.1. The highest BCUT2D eigenvalue weighted by atomic mass is 16.5.